The van der Waals surface area contributed by atoms with Crippen molar-refractivity contribution in [3.63, 3.8) is 0 Å². The van der Waals surface area contributed by atoms with E-state index in [9.17, 15) is 0 Å². The molecular formula is C51H42N2. The van der Waals surface area contributed by atoms with E-state index in [0.717, 1.165) is 29.9 Å². The van der Waals surface area contributed by atoms with Crippen LogP contribution >= 0.6 is 0 Å². The third kappa shape index (κ3) is 5.24. The second-order valence-electron chi connectivity index (χ2n) is 15.3. The molecule has 0 saturated heterocycles. The van der Waals surface area contributed by atoms with Crippen LogP contribution in [0.1, 0.15) is 49.3 Å². The summed E-state index contributed by atoms with van der Waals surface area (Å²) >= 11 is 0. The Labute approximate surface area is 313 Å². The molecule has 6 aromatic rings. The molecule has 1 heterocycles. The molecule has 53 heavy (non-hydrogen) atoms. The number of hydrogen-bond acceptors (Lipinski definition) is 2. The van der Waals surface area contributed by atoms with Gasteiger partial charge in [0.05, 0.1) is 6.04 Å². The van der Waals surface area contributed by atoms with Crippen LogP contribution in [0.2, 0.25) is 0 Å². The Kier molecular flexibility index (Phi) is 7.47. The smallest absolute Gasteiger partial charge is 0.0626 e. The van der Waals surface area contributed by atoms with Crippen LogP contribution in [0, 0.1) is 0 Å². The minimum absolute atomic E-state index is 0.0790. The molecule has 4 aliphatic rings. The molecule has 0 aromatic heterocycles. The third-order valence-corrected chi connectivity index (χ3v) is 11.9. The lowest BCUT2D eigenvalue weighted by molar-refractivity contribution is 0.660. The summed E-state index contributed by atoms with van der Waals surface area (Å²) in [7, 11) is 0. The first-order chi connectivity index (χ1) is 26.0. The van der Waals surface area contributed by atoms with Gasteiger partial charge in [0.25, 0.3) is 0 Å². The first-order valence-electron chi connectivity index (χ1n) is 19.0. The lowest BCUT2D eigenvalue weighted by Crippen LogP contribution is -2.32. The van der Waals surface area contributed by atoms with Crippen LogP contribution in [0.3, 0.4) is 0 Å². The number of rotatable bonds is 6. The third-order valence-electron chi connectivity index (χ3n) is 11.9. The van der Waals surface area contributed by atoms with Gasteiger partial charge in [-0.2, -0.15) is 0 Å². The van der Waals surface area contributed by atoms with Gasteiger partial charge in [-0.25, -0.2) is 0 Å². The molecule has 0 spiro atoms. The zero-order chi connectivity index (χ0) is 35.5. The SMILES string of the molecule is CC1(C)c2ccccc2-c2ccc(N(c3ccc(-c4ccccc4)cc3)c3ccc(-c4ccc5c(c4)C4C=CC=CC4N5C4=CC=CCC4)cc3)cc21. The number of hydrogen-bond donors (Lipinski definition) is 0. The monoisotopic (exact) mass is 682 g/mol. The summed E-state index contributed by atoms with van der Waals surface area (Å²) in [5.74, 6) is 0.352. The summed E-state index contributed by atoms with van der Waals surface area (Å²) in [6.07, 6.45) is 18.1. The highest BCUT2D eigenvalue weighted by Gasteiger charge is 2.38. The van der Waals surface area contributed by atoms with Gasteiger partial charge in [0, 0.05) is 39.8 Å². The number of benzene rings is 6. The van der Waals surface area contributed by atoms with Gasteiger partial charge in [-0.05, 0) is 118 Å². The predicted molar refractivity (Wildman–Crippen MR) is 223 cm³/mol. The molecule has 0 radical (unpaired) electrons. The van der Waals surface area contributed by atoms with Crippen molar-refractivity contribution < 1.29 is 0 Å². The Morgan fingerprint density at radius 3 is 1.96 bits per heavy atom. The topological polar surface area (TPSA) is 6.48 Å². The Bertz CT molecular complexity index is 2480. The Balaban J connectivity index is 1.03. The Morgan fingerprint density at radius 2 is 1.21 bits per heavy atom. The van der Waals surface area contributed by atoms with Gasteiger partial charge in [-0.3, -0.25) is 0 Å². The van der Waals surface area contributed by atoms with Crippen molar-refractivity contribution in [2.24, 2.45) is 0 Å². The zero-order valence-electron chi connectivity index (χ0n) is 30.3. The molecule has 2 nitrogen and oxygen atoms in total. The van der Waals surface area contributed by atoms with Crippen molar-refractivity contribution in [2.75, 3.05) is 9.80 Å². The van der Waals surface area contributed by atoms with Crippen LogP contribution in [0.25, 0.3) is 33.4 Å². The van der Waals surface area contributed by atoms with E-state index in [1.807, 2.05) is 0 Å². The van der Waals surface area contributed by atoms with E-state index in [2.05, 4.69) is 206 Å². The first kappa shape index (κ1) is 31.6. The van der Waals surface area contributed by atoms with Crippen LogP contribution in [-0.2, 0) is 5.41 Å². The van der Waals surface area contributed by atoms with Crippen LogP contribution in [0.4, 0.5) is 22.7 Å². The quantitative estimate of drug-likeness (QED) is 0.173. The normalized spacial score (nSPS) is 18.6. The highest BCUT2D eigenvalue weighted by atomic mass is 15.2. The summed E-state index contributed by atoms with van der Waals surface area (Å²) in [4.78, 5) is 4.99. The minimum Gasteiger partial charge on any atom is -0.337 e. The maximum atomic E-state index is 2.58. The van der Waals surface area contributed by atoms with Crippen LogP contribution in [-0.4, -0.2) is 6.04 Å². The highest BCUT2D eigenvalue weighted by molar-refractivity contribution is 5.86. The molecule has 2 unspecified atom stereocenters. The van der Waals surface area contributed by atoms with Crippen LogP contribution in [0.15, 0.2) is 188 Å². The maximum absolute atomic E-state index is 2.58. The molecule has 2 atom stereocenters. The Hall–Kier alpha value is -6.12. The largest absolute Gasteiger partial charge is 0.337 e. The van der Waals surface area contributed by atoms with Crippen molar-refractivity contribution in [3.05, 3.63) is 204 Å². The van der Waals surface area contributed by atoms with Crippen molar-refractivity contribution in [2.45, 2.75) is 44.1 Å². The molecule has 0 N–H and O–H groups in total. The van der Waals surface area contributed by atoms with Crippen molar-refractivity contribution in [1.82, 2.24) is 0 Å². The summed E-state index contributed by atoms with van der Waals surface area (Å²) in [5, 5.41) is 0. The number of anilines is 4. The van der Waals surface area contributed by atoms with Gasteiger partial charge < -0.3 is 9.80 Å². The van der Waals surface area contributed by atoms with Crippen LogP contribution < -0.4 is 9.80 Å². The molecule has 0 bridgehead atoms. The molecule has 0 fully saturated rings. The van der Waals surface area contributed by atoms with Crippen molar-refractivity contribution in [3.8, 4) is 33.4 Å². The summed E-state index contributed by atoms with van der Waals surface area (Å²) in [5.41, 5.74) is 17.9. The Morgan fingerprint density at radius 1 is 0.566 bits per heavy atom. The van der Waals surface area contributed by atoms with Gasteiger partial charge in [-0.1, -0.05) is 141 Å². The average Bonchev–Trinajstić information content (AvgIpc) is 3.67. The highest BCUT2D eigenvalue weighted by Crippen LogP contribution is 2.51. The molecule has 1 aliphatic heterocycles. The van der Waals surface area contributed by atoms with Gasteiger partial charge in [-0.15, -0.1) is 0 Å². The predicted octanol–water partition coefficient (Wildman–Crippen LogP) is 13.4. The number of nitrogens with zero attached hydrogens (tertiary/aromatic N) is 2. The molecule has 6 aromatic carbocycles. The lowest BCUT2D eigenvalue weighted by atomic mass is 9.82. The standard InChI is InChI=1S/C51H42N2/c1-51(2)47-19-11-9-17-43(47)44-31-30-42(34-48(44)51)52(40-26-21-36(22-27-40)35-13-5-3-6-14-35)41-28-23-37(24-29-41)38-25-32-50-46(33-38)45-18-10-12-20-49(45)53(50)39-15-7-4-8-16-39/h3-7,9-15,17-34,45,49H,8,16H2,1-2H3. The van der Waals surface area contributed by atoms with Gasteiger partial charge in [0.1, 0.15) is 0 Å². The summed E-state index contributed by atoms with van der Waals surface area (Å²) in [6.45, 7) is 4.71. The molecule has 0 saturated carbocycles. The summed E-state index contributed by atoms with van der Waals surface area (Å²) < 4.78 is 0. The molecule has 256 valence electrons. The average molecular weight is 683 g/mol. The fourth-order valence-electron chi connectivity index (χ4n) is 9.16. The lowest BCUT2D eigenvalue weighted by Gasteiger charge is -2.31. The summed E-state index contributed by atoms with van der Waals surface area (Å²) in [6, 6.07) is 52.2. The minimum atomic E-state index is -0.0790. The van der Waals surface area contributed by atoms with E-state index in [-0.39, 0.29) is 5.41 Å². The van der Waals surface area contributed by atoms with Crippen LogP contribution in [0.5, 0.6) is 0 Å². The molecule has 2 heteroatoms. The van der Waals surface area contributed by atoms with E-state index in [1.165, 1.54) is 61.5 Å². The van der Waals surface area contributed by atoms with E-state index >= 15 is 0 Å². The molecular weight excluding hydrogens is 641 g/mol. The van der Waals surface area contributed by atoms with E-state index in [0.29, 0.717) is 12.0 Å². The number of fused-ring (bicyclic) bond motifs is 6. The van der Waals surface area contributed by atoms with Gasteiger partial charge >= 0.3 is 0 Å². The molecule has 3 aliphatic carbocycles. The van der Waals surface area contributed by atoms with Crippen molar-refractivity contribution in [1.29, 1.82) is 0 Å². The van der Waals surface area contributed by atoms with E-state index < -0.39 is 0 Å². The van der Waals surface area contributed by atoms with Gasteiger partial charge in [0.15, 0.2) is 0 Å². The number of allylic oxidation sites excluding steroid dienone is 6. The maximum Gasteiger partial charge on any atom is 0.0626 e. The molecule has 0 amide bonds. The first-order valence-corrected chi connectivity index (χ1v) is 19.0. The van der Waals surface area contributed by atoms with E-state index in [1.54, 1.807) is 0 Å². The fraction of sp³-hybridized carbons (Fsp3) is 0.137. The van der Waals surface area contributed by atoms with Gasteiger partial charge in [0.2, 0.25) is 0 Å². The van der Waals surface area contributed by atoms with E-state index in [4.69, 9.17) is 0 Å². The second kappa shape index (κ2) is 12.5. The molecule has 10 rings (SSSR count). The fourth-order valence-corrected chi connectivity index (χ4v) is 9.16. The second-order valence-corrected chi connectivity index (χ2v) is 15.3. The zero-order valence-corrected chi connectivity index (χ0v) is 30.3. The van der Waals surface area contributed by atoms with Crippen molar-refractivity contribution >= 4 is 22.7 Å².